The lowest BCUT2D eigenvalue weighted by molar-refractivity contribution is 0.305. The zero-order valence-corrected chi connectivity index (χ0v) is 12.2. The smallest absolute Gasteiger partial charge is 0.134 e. The molecular weight excluding hydrogens is 262 g/mol. The van der Waals surface area contributed by atoms with E-state index in [0.29, 0.717) is 13.0 Å². The highest BCUT2D eigenvalue weighted by Crippen LogP contribution is 2.19. The number of aryl methyl sites for hydroxylation is 1. The van der Waals surface area contributed by atoms with Crippen LogP contribution in [0, 0.1) is 18.8 Å². The average Bonchev–Trinajstić information content (AvgIpc) is 2.51. The lowest BCUT2D eigenvalue weighted by atomic mass is 10.1. The summed E-state index contributed by atoms with van der Waals surface area (Å²) in [5, 5.41) is 8.79. The Morgan fingerprint density at radius 1 is 1.24 bits per heavy atom. The Kier molecular flexibility index (Phi) is 5.81. The fourth-order valence-electron chi connectivity index (χ4n) is 1.89. The van der Waals surface area contributed by atoms with E-state index in [1.165, 1.54) is 0 Å². The average molecular weight is 281 g/mol. The summed E-state index contributed by atoms with van der Waals surface area (Å²) in [6, 6.07) is 11.8. The van der Waals surface area contributed by atoms with E-state index in [1.807, 2.05) is 43.3 Å². The first-order valence-electron chi connectivity index (χ1n) is 7.02. The third kappa shape index (κ3) is 4.94. The molecule has 0 saturated heterocycles. The summed E-state index contributed by atoms with van der Waals surface area (Å²) >= 11 is 0. The fourth-order valence-corrected chi connectivity index (χ4v) is 1.89. The van der Waals surface area contributed by atoms with Gasteiger partial charge in [0.05, 0.1) is 18.8 Å². The lowest BCUT2D eigenvalue weighted by Crippen LogP contribution is -2.04. The van der Waals surface area contributed by atoms with Crippen LogP contribution < -0.4 is 4.74 Å². The van der Waals surface area contributed by atoms with Gasteiger partial charge in [-0.25, -0.2) is 0 Å². The molecule has 108 valence electrons. The van der Waals surface area contributed by atoms with E-state index >= 15 is 0 Å². The normalized spacial score (nSPS) is 9.81. The Morgan fingerprint density at radius 3 is 2.90 bits per heavy atom. The van der Waals surface area contributed by atoms with E-state index in [1.54, 1.807) is 6.20 Å². The first-order valence-corrected chi connectivity index (χ1v) is 7.02. The number of rotatable bonds is 5. The van der Waals surface area contributed by atoms with Gasteiger partial charge in [-0.3, -0.25) is 4.98 Å². The van der Waals surface area contributed by atoms with Crippen LogP contribution in [0.2, 0.25) is 0 Å². The first-order chi connectivity index (χ1) is 10.3. The molecule has 21 heavy (non-hydrogen) atoms. The van der Waals surface area contributed by atoms with E-state index in [4.69, 9.17) is 9.84 Å². The number of aliphatic hydroxyl groups is 1. The van der Waals surface area contributed by atoms with Gasteiger partial charge in [0.1, 0.15) is 5.75 Å². The Bertz CT molecular complexity index is 627. The van der Waals surface area contributed by atoms with Gasteiger partial charge < -0.3 is 9.84 Å². The third-order valence-electron chi connectivity index (χ3n) is 2.94. The molecule has 0 aliphatic heterocycles. The summed E-state index contributed by atoms with van der Waals surface area (Å²) in [5.41, 5.74) is 3.02. The van der Waals surface area contributed by atoms with Crippen molar-refractivity contribution in [3.8, 4) is 17.6 Å². The third-order valence-corrected chi connectivity index (χ3v) is 2.94. The molecule has 0 amide bonds. The van der Waals surface area contributed by atoms with Crippen molar-refractivity contribution in [1.82, 2.24) is 4.98 Å². The van der Waals surface area contributed by atoms with Crippen LogP contribution in [0.3, 0.4) is 0 Å². The van der Waals surface area contributed by atoms with Gasteiger partial charge >= 0.3 is 0 Å². The van der Waals surface area contributed by atoms with Gasteiger partial charge in [-0.05, 0) is 36.8 Å². The number of hydrogen-bond donors (Lipinski definition) is 1. The highest BCUT2D eigenvalue weighted by molar-refractivity contribution is 5.48. The fraction of sp³-hybridized carbons (Fsp3) is 0.278. The highest BCUT2D eigenvalue weighted by atomic mass is 16.5. The SMILES string of the molecule is Cc1ccc(OCCc2ccccn2)c(C#CCCO)c1. The molecule has 1 aromatic heterocycles. The highest BCUT2D eigenvalue weighted by Gasteiger charge is 2.02. The van der Waals surface area contributed by atoms with Crippen LogP contribution in [0.4, 0.5) is 0 Å². The minimum absolute atomic E-state index is 0.0781. The first kappa shape index (κ1) is 15.1. The van der Waals surface area contributed by atoms with Crippen molar-refractivity contribution in [3.05, 3.63) is 59.4 Å². The maximum atomic E-state index is 8.79. The zero-order valence-electron chi connectivity index (χ0n) is 12.2. The molecular formula is C18H19NO2. The molecule has 0 unspecified atom stereocenters. The Morgan fingerprint density at radius 2 is 2.14 bits per heavy atom. The monoisotopic (exact) mass is 281 g/mol. The second kappa shape index (κ2) is 8.08. The van der Waals surface area contributed by atoms with E-state index in [2.05, 4.69) is 16.8 Å². The number of nitrogens with zero attached hydrogens (tertiary/aromatic N) is 1. The van der Waals surface area contributed by atoms with Crippen molar-refractivity contribution in [2.45, 2.75) is 19.8 Å². The standard InChI is InChI=1S/C18H19NO2/c1-15-8-9-18(16(14-15)6-3-5-12-20)21-13-10-17-7-2-4-11-19-17/h2,4,7-9,11,14,20H,5,10,12-13H2,1H3. The van der Waals surface area contributed by atoms with Gasteiger partial charge in [0.25, 0.3) is 0 Å². The maximum absolute atomic E-state index is 8.79. The minimum Gasteiger partial charge on any atom is -0.492 e. The van der Waals surface area contributed by atoms with Crippen LogP contribution >= 0.6 is 0 Å². The molecule has 3 nitrogen and oxygen atoms in total. The Labute approximate surface area is 125 Å². The zero-order chi connectivity index (χ0) is 14.9. The largest absolute Gasteiger partial charge is 0.492 e. The van der Waals surface area contributed by atoms with Gasteiger partial charge in [0.15, 0.2) is 0 Å². The quantitative estimate of drug-likeness (QED) is 0.857. The van der Waals surface area contributed by atoms with Gasteiger partial charge in [0.2, 0.25) is 0 Å². The summed E-state index contributed by atoms with van der Waals surface area (Å²) in [4.78, 5) is 4.27. The van der Waals surface area contributed by atoms with E-state index in [9.17, 15) is 0 Å². The van der Waals surface area contributed by atoms with Crippen LogP contribution in [0.15, 0.2) is 42.6 Å². The van der Waals surface area contributed by atoms with Crippen LogP contribution in [-0.2, 0) is 6.42 Å². The predicted molar refractivity (Wildman–Crippen MR) is 83.2 cm³/mol. The molecule has 2 rings (SSSR count). The molecule has 1 aromatic carbocycles. The second-order valence-corrected chi connectivity index (χ2v) is 4.69. The van der Waals surface area contributed by atoms with E-state index in [0.717, 1.165) is 29.0 Å². The molecule has 2 aromatic rings. The van der Waals surface area contributed by atoms with Crippen molar-refractivity contribution in [1.29, 1.82) is 0 Å². The number of pyridine rings is 1. The van der Waals surface area contributed by atoms with Gasteiger partial charge in [0, 0.05) is 24.7 Å². The summed E-state index contributed by atoms with van der Waals surface area (Å²) in [5.74, 6) is 6.77. The van der Waals surface area contributed by atoms with Crippen LogP contribution in [-0.4, -0.2) is 23.3 Å². The molecule has 1 heterocycles. The van der Waals surface area contributed by atoms with Crippen molar-refractivity contribution < 1.29 is 9.84 Å². The molecule has 0 aliphatic rings. The van der Waals surface area contributed by atoms with Gasteiger partial charge in [-0.1, -0.05) is 24.0 Å². The van der Waals surface area contributed by atoms with Crippen LogP contribution in [0.1, 0.15) is 23.2 Å². The van der Waals surface area contributed by atoms with Crippen molar-refractivity contribution in [2.75, 3.05) is 13.2 Å². The Hall–Kier alpha value is -2.31. The number of aliphatic hydroxyl groups excluding tert-OH is 1. The van der Waals surface area contributed by atoms with Crippen LogP contribution in [0.25, 0.3) is 0 Å². The predicted octanol–water partition coefficient (Wildman–Crippen LogP) is 2.75. The summed E-state index contributed by atoms with van der Waals surface area (Å²) in [7, 11) is 0. The molecule has 0 aliphatic carbocycles. The summed E-state index contributed by atoms with van der Waals surface area (Å²) in [6.07, 6.45) is 3.02. The molecule has 0 atom stereocenters. The maximum Gasteiger partial charge on any atom is 0.134 e. The Balaban J connectivity index is 2.01. The molecule has 0 fully saturated rings. The number of aromatic nitrogens is 1. The molecule has 0 radical (unpaired) electrons. The molecule has 3 heteroatoms. The van der Waals surface area contributed by atoms with E-state index < -0.39 is 0 Å². The molecule has 0 spiro atoms. The molecule has 0 bridgehead atoms. The van der Waals surface area contributed by atoms with Gasteiger partial charge in [-0.2, -0.15) is 0 Å². The summed E-state index contributed by atoms with van der Waals surface area (Å²) in [6.45, 7) is 2.67. The van der Waals surface area contributed by atoms with Gasteiger partial charge in [-0.15, -0.1) is 0 Å². The van der Waals surface area contributed by atoms with E-state index in [-0.39, 0.29) is 6.61 Å². The minimum atomic E-state index is 0.0781. The van der Waals surface area contributed by atoms with Crippen LogP contribution in [0.5, 0.6) is 5.75 Å². The summed E-state index contributed by atoms with van der Waals surface area (Å²) < 4.78 is 5.82. The molecule has 0 saturated carbocycles. The molecule has 1 N–H and O–H groups in total. The number of hydrogen-bond acceptors (Lipinski definition) is 3. The topological polar surface area (TPSA) is 42.4 Å². The lowest BCUT2D eigenvalue weighted by Gasteiger charge is -2.09. The number of ether oxygens (including phenoxy) is 1. The second-order valence-electron chi connectivity index (χ2n) is 4.69. The van der Waals surface area contributed by atoms with Crippen molar-refractivity contribution in [3.63, 3.8) is 0 Å². The van der Waals surface area contributed by atoms with Crippen molar-refractivity contribution >= 4 is 0 Å². The van der Waals surface area contributed by atoms with Crippen molar-refractivity contribution in [2.24, 2.45) is 0 Å². The number of benzene rings is 1.